The Morgan fingerprint density at radius 2 is 1.62 bits per heavy atom. The molecule has 2 aromatic carbocycles. The molecule has 29 heavy (non-hydrogen) atoms. The number of para-hydroxylation sites is 1. The van der Waals surface area contributed by atoms with E-state index in [1.807, 2.05) is 43.5 Å². The highest BCUT2D eigenvalue weighted by Gasteiger charge is 2.09. The van der Waals surface area contributed by atoms with Crippen LogP contribution in [0.3, 0.4) is 0 Å². The Morgan fingerprint density at radius 1 is 0.897 bits per heavy atom. The van der Waals surface area contributed by atoms with E-state index in [1.165, 1.54) is 0 Å². The number of nitrogens with one attached hydrogen (secondary N) is 1. The van der Waals surface area contributed by atoms with Crippen molar-refractivity contribution in [2.45, 2.75) is 6.92 Å². The molecule has 4 aromatic rings. The van der Waals surface area contributed by atoms with E-state index in [9.17, 15) is 4.79 Å². The quantitative estimate of drug-likeness (QED) is 0.530. The molecule has 0 aliphatic heterocycles. The highest BCUT2D eigenvalue weighted by Crippen LogP contribution is 2.24. The molecular formula is C23H18N4O2. The number of carbonyl (C=O) groups is 1. The lowest BCUT2D eigenvalue weighted by molar-refractivity contribution is 0.215. The molecule has 2 aromatic heterocycles. The second-order valence-corrected chi connectivity index (χ2v) is 6.37. The molecule has 1 N–H and O–H groups in total. The fraction of sp³-hybridized carbons (Fsp3) is 0.0435. The molecule has 1 amide bonds. The molecule has 4 rings (SSSR count). The summed E-state index contributed by atoms with van der Waals surface area (Å²) in [5.41, 5.74) is 4.31. The molecular weight excluding hydrogens is 364 g/mol. The molecule has 6 nitrogen and oxygen atoms in total. The molecule has 0 saturated carbocycles. The van der Waals surface area contributed by atoms with Crippen LogP contribution in [0.2, 0.25) is 0 Å². The third-order valence-electron chi connectivity index (χ3n) is 4.27. The van der Waals surface area contributed by atoms with Crippen molar-refractivity contribution in [1.82, 2.24) is 15.0 Å². The first-order valence-electron chi connectivity index (χ1n) is 9.07. The number of benzene rings is 2. The van der Waals surface area contributed by atoms with Gasteiger partial charge in [-0.15, -0.1) is 0 Å². The summed E-state index contributed by atoms with van der Waals surface area (Å²) in [5.74, 6) is 1.10. The lowest BCUT2D eigenvalue weighted by Crippen LogP contribution is -2.16. The first kappa shape index (κ1) is 18.3. The van der Waals surface area contributed by atoms with Gasteiger partial charge in [-0.2, -0.15) is 0 Å². The third-order valence-corrected chi connectivity index (χ3v) is 4.27. The number of anilines is 1. The van der Waals surface area contributed by atoms with Crippen molar-refractivity contribution < 1.29 is 9.53 Å². The first-order chi connectivity index (χ1) is 14.2. The normalized spacial score (nSPS) is 10.4. The molecule has 0 unspecified atom stereocenters. The van der Waals surface area contributed by atoms with E-state index >= 15 is 0 Å². The van der Waals surface area contributed by atoms with Gasteiger partial charge in [0.15, 0.2) is 5.82 Å². The van der Waals surface area contributed by atoms with Crippen molar-refractivity contribution in [2.24, 2.45) is 0 Å². The average Bonchev–Trinajstić information content (AvgIpc) is 2.76. The van der Waals surface area contributed by atoms with Crippen LogP contribution in [0.5, 0.6) is 5.75 Å². The number of pyridine rings is 1. The van der Waals surface area contributed by atoms with Crippen molar-refractivity contribution in [3.8, 4) is 28.4 Å². The minimum Gasteiger partial charge on any atom is -0.410 e. The van der Waals surface area contributed by atoms with Gasteiger partial charge in [0, 0.05) is 35.4 Å². The monoisotopic (exact) mass is 382 g/mol. The zero-order valence-corrected chi connectivity index (χ0v) is 15.7. The number of rotatable bonds is 4. The molecule has 2 heterocycles. The molecule has 142 valence electrons. The predicted octanol–water partition coefficient (Wildman–Crippen LogP) is 5.12. The highest BCUT2D eigenvalue weighted by atomic mass is 16.6. The zero-order valence-electron chi connectivity index (χ0n) is 15.7. The number of carbonyl (C=O) groups excluding carboxylic acids is 1. The van der Waals surface area contributed by atoms with Gasteiger partial charge in [0.25, 0.3) is 0 Å². The van der Waals surface area contributed by atoms with Gasteiger partial charge in [0.05, 0.1) is 5.69 Å². The summed E-state index contributed by atoms with van der Waals surface area (Å²) in [5, 5.41) is 2.71. The smallest absolute Gasteiger partial charge is 0.410 e. The zero-order chi connectivity index (χ0) is 20.1. The Hall–Kier alpha value is -4.06. The van der Waals surface area contributed by atoms with E-state index in [0.717, 1.165) is 22.4 Å². The Labute approximate surface area is 168 Å². The van der Waals surface area contributed by atoms with Crippen LogP contribution in [0.25, 0.3) is 22.6 Å². The van der Waals surface area contributed by atoms with E-state index < -0.39 is 6.09 Å². The number of hydrogen-bond donors (Lipinski definition) is 1. The maximum absolute atomic E-state index is 12.0. The Bertz CT molecular complexity index is 1110. The van der Waals surface area contributed by atoms with E-state index in [2.05, 4.69) is 15.3 Å². The molecule has 0 atom stereocenters. The largest absolute Gasteiger partial charge is 0.417 e. The molecule has 0 fully saturated rings. The van der Waals surface area contributed by atoms with Gasteiger partial charge >= 0.3 is 6.09 Å². The van der Waals surface area contributed by atoms with Gasteiger partial charge in [-0.05, 0) is 61.0 Å². The van der Waals surface area contributed by atoms with Crippen molar-refractivity contribution >= 4 is 11.8 Å². The van der Waals surface area contributed by atoms with Crippen LogP contribution in [0.15, 0.2) is 85.3 Å². The van der Waals surface area contributed by atoms with E-state index in [-0.39, 0.29) is 0 Å². The van der Waals surface area contributed by atoms with Crippen molar-refractivity contribution in [3.05, 3.63) is 90.9 Å². The summed E-state index contributed by atoms with van der Waals surface area (Å²) in [7, 11) is 0. The Morgan fingerprint density at radius 3 is 2.34 bits per heavy atom. The number of nitrogens with zero attached hydrogens (tertiary/aromatic N) is 3. The third kappa shape index (κ3) is 4.44. The van der Waals surface area contributed by atoms with Gasteiger partial charge in [-0.1, -0.05) is 18.2 Å². The Balaban J connectivity index is 1.50. The lowest BCUT2D eigenvalue weighted by atomic mass is 10.1. The predicted molar refractivity (Wildman–Crippen MR) is 112 cm³/mol. The maximum atomic E-state index is 12.0. The van der Waals surface area contributed by atoms with Crippen LogP contribution in [0.4, 0.5) is 10.5 Å². The molecule has 0 radical (unpaired) electrons. The second kappa shape index (κ2) is 8.31. The summed E-state index contributed by atoms with van der Waals surface area (Å²) in [6, 6.07) is 20.0. The fourth-order valence-corrected chi connectivity index (χ4v) is 2.82. The van der Waals surface area contributed by atoms with Gasteiger partial charge < -0.3 is 4.74 Å². The van der Waals surface area contributed by atoms with Gasteiger partial charge in [-0.25, -0.2) is 14.8 Å². The fourth-order valence-electron chi connectivity index (χ4n) is 2.82. The van der Waals surface area contributed by atoms with Crippen molar-refractivity contribution in [3.63, 3.8) is 0 Å². The van der Waals surface area contributed by atoms with Crippen LogP contribution in [0.1, 0.15) is 5.56 Å². The number of aromatic nitrogens is 3. The minimum absolute atomic E-state index is 0.485. The molecule has 0 saturated heterocycles. The summed E-state index contributed by atoms with van der Waals surface area (Å²) in [6.07, 6.45) is 4.74. The van der Waals surface area contributed by atoms with E-state index in [0.29, 0.717) is 17.3 Å². The minimum atomic E-state index is -0.546. The van der Waals surface area contributed by atoms with Crippen LogP contribution >= 0.6 is 0 Å². The Kier molecular flexibility index (Phi) is 5.25. The van der Waals surface area contributed by atoms with Crippen molar-refractivity contribution in [1.29, 1.82) is 0 Å². The lowest BCUT2D eigenvalue weighted by Gasteiger charge is -2.09. The second-order valence-electron chi connectivity index (χ2n) is 6.37. The van der Waals surface area contributed by atoms with Gasteiger partial charge in [-0.3, -0.25) is 10.3 Å². The highest BCUT2D eigenvalue weighted by molar-refractivity contribution is 5.86. The number of ether oxygens (including phenoxy) is 1. The number of hydrogen-bond acceptors (Lipinski definition) is 5. The van der Waals surface area contributed by atoms with Gasteiger partial charge in [0.1, 0.15) is 5.75 Å². The standard InChI is InChI=1S/C23H18N4O2/c1-16-15-25-22(27-21(16)17-11-13-24-14-12-17)18-7-9-19(10-8-18)26-23(28)29-20-5-3-2-4-6-20/h2-15H,1H3,(H,26,28). The van der Waals surface area contributed by atoms with Crippen LogP contribution in [-0.4, -0.2) is 21.0 Å². The van der Waals surface area contributed by atoms with E-state index in [4.69, 9.17) is 9.72 Å². The topological polar surface area (TPSA) is 77.0 Å². The van der Waals surface area contributed by atoms with Gasteiger partial charge in [0.2, 0.25) is 0 Å². The maximum Gasteiger partial charge on any atom is 0.417 e. The van der Waals surface area contributed by atoms with E-state index in [1.54, 1.807) is 48.8 Å². The molecule has 6 heteroatoms. The number of amides is 1. The van der Waals surface area contributed by atoms with Crippen LogP contribution < -0.4 is 10.1 Å². The van der Waals surface area contributed by atoms with Crippen LogP contribution in [-0.2, 0) is 0 Å². The summed E-state index contributed by atoms with van der Waals surface area (Å²) >= 11 is 0. The summed E-state index contributed by atoms with van der Waals surface area (Å²) in [6.45, 7) is 1.98. The molecule has 0 bridgehead atoms. The van der Waals surface area contributed by atoms with Crippen LogP contribution in [0, 0.1) is 6.92 Å². The molecule has 0 aliphatic carbocycles. The molecule has 0 aliphatic rings. The number of aryl methyl sites for hydroxylation is 1. The van der Waals surface area contributed by atoms with Crippen molar-refractivity contribution in [2.75, 3.05) is 5.32 Å². The summed E-state index contributed by atoms with van der Waals surface area (Å²) in [4.78, 5) is 25.2. The SMILES string of the molecule is Cc1cnc(-c2ccc(NC(=O)Oc3ccccc3)cc2)nc1-c1ccncc1. The molecule has 0 spiro atoms. The average molecular weight is 382 g/mol. The summed E-state index contributed by atoms with van der Waals surface area (Å²) < 4.78 is 5.23. The first-order valence-corrected chi connectivity index (χ1v) is 9.07.